The molecule has 7 heteroatoms. The summed E-state index contributed by atoms with van der Waals surface area (Å²) in [6.45, 7) is 2.98. The molecule has 112 valence electrons. The van der Waals surface area contributed by atoms with E-state index in [-0.39, 0.29) is 0 Å². The monoisotopic (exact) mass is 307 g/mol. The van der Waals surface area contributed by atoms with Crippen molar-refractivity contribution in [2.75, 3.05) is 30.9 Å². The van der Waals surface area contributed by atoms with E-state index in [0.717, 1.165) is 10.6 Å². The van der Waals surface area contributed by atoms with Crippen molar-refractivity contribution in [1.29, 1.82) is 0 Å². The zero-order valence-electron chi connectivity index (χ0n) is 12.3. The Hall–Kier alpha value is -2.08. The molecule has 0 aliphatic rings. The number of benzene rings is 1. The minimum Gasteiger partial charge on any atom is -0.464 e. The van der Waals surface area contributed by atoms with E-state index in [1.165, 1.54) is 0 Å². The van der Waals surface area contributed by atoms with Gasteiger partial charge in [-0.3, -0.25) is 0 Å². The van der Waals surface area contributed by atoms with Gasteiger partial charge in [0.25, 0.3) is 0 Å². The van der Waals surface area contributed by atoms with Crippen LogP contribution in [0.4, 0.5) is 11.9 Å². The Balaban J connectivity index is 2.23. The molecule has 6 nitrogen and oxygen atoms in total. The van der Waals surface area contributed by atoms with Crippen LogP contribution in [0.3, 0.4) is 0 Å². The van der Waals surface area contributed by atoms with Gasteiger partial charge in [0, 0.05) is 25.7 Å². The summed E-state index contributed by atoms with van der Waals surface area (Å²) in [6.07, 6.45) is 0. The molecule has 0 spiro atoms. The van der Waals surface area contributed by atoms with Gasteiger partial charge in [0.05, 0.1) is 6.61 Å². The summed E-state index contributed by atoms with van der Waals surface area (Å²) in [6, 6.07) is 8.00. The third kappa shape index (κ3) is 3.95. The Kier molecular flexibility index (Phi) is 5.16. The van der Waals surface area contributed by atoms with Crippen molar-refractivity contribution in [1.82, 2.24) is 15.0 Å². The van der Waals surface area contributed by atoms with Crippen LogP contribution in [0.5, 0.6) is 6.01 Å². The molecule has 1 heterocycles. The number of ether oxygens (including phenoxy) is 1. The summed E-state index contributed by atoms with van der Waals surface area (Å²) < 4.78 is 5.36. The summed E-state index contributed by atoms with van der Waals surface area (Å²) in [4.78, 5) is 14.7. The first-order valence-electron chi connectivity index (χ1n) is 6.65. The maximum absolute atomic E-state index is 6.18. The third-order valence-corrected chi connectivity index (χ3v) is 3.18. The second kappa shape index (κ2) is 7.08. The summed E-state index contributed by atoms with van der Waals surface area (Å²) in [5.74, 6) is 0.993. The lowest BCUT2D eigenvalue weighted by molar-refractivity contribution is 0.312. The lowest BCUT2D eigenvalue weighted by atomic mass is 10.2. The van der Waals surface area contributed by atoms with Crippen LogP contribution < -0.4 is 15.0 Å². The lowest BCUT2D eigenvalue weighted by Crippen LogP contribution is -2.20. The van der Waals surface area contributed by atoms with Crippen molar-refractivity contribution in [2.24, 2.45) is 0 Å². The number of nitrogens with zero attached hydrogens (tertiary/aromatic N) is 4. The molecule has 0 fully saturated rings. The summed E-state index contributed by atoms with van der Waals surface area (Å²) in [7, 11) is 3.65. The predicted octanol–water partition coefficient (Wildman–Crippen LogP) is 2.60. The minimum absolute atomic E-state index is 0.304. The summed E-state index contributed by atoms with van der Waals surface area (Å²) in [5.41, 5.74) is 1.01. The average Bonchev–Trinajstić information content (AvgIpc) is 2.49. The molecule has 0 saturated heterocycles. The molecular weight excluding hydrogens is 290 g/mol. The Bertz CT molecular complexity index is 608. The van der Waals surface area contributed by atoms with Crippen LogP contribution in [0, 0.1) is 0 Å². The van der Waals surface area contributed by atoms with Gasteiger partial charge in [0.15, 0.2) is 0 Å². The van der Waals surface area contributed by atoms with E-state index in [4.69, 9.17) is 16.3 Å². The fraction of sp³-hybridized carbons (Fsp3) is 0.357. The van der Waals surface area contributed by atoms with Gasteiger partial charge < -0.3 is 15.0 Å². The second-order valence-electron chi connectivity index (χ2n) is 4.37. The van der Waals surface area contributed by atoms with E-state index in [1.54, 1.807) is 7.05 Å². The Morgan fingerprint density at radius 3 is 2.67 bits per heavy atom. The van der Waals surface area contributed by atoms with Crippen LogP contribution in [0.2, 0.25) is 5.02 Å². The number of hydrogen-bond donors (Lipinski definition) is 1. The zero-order valence-corrected chi connectivity index (χ0v) is 13.1. The lowest BCUT2D eigenvalue weighted by Gasteiger charge is -2.18. The van der Waals surface area contributed by atoms with Gasteiger partial charge in [-0.15, -0.1) is 0 Å². The number of aromatic nitrogens is 3. The summed E-state index contributed by atoms with van der Waals surface area (Å²) >= 11 is 6.18. The van der Waals surface area contributed by atoms with Crippen LogP contribution in [0.25, 0.3) is 0 Å². The largest absolute Gasteiger partial charge is 0.464 e. The predicted molar refractivity (Wildman–Crippen MR) is 84.1 cm³/mol. The number of anilines is 2. The van der Waals surface area contributed by atoms with E-state index in [0.29, 0.717) is 31.1 Å². The highest BCUT2D eigenvalue weighted by Gasteiger charge is 2.12. The van der Waals surface area contributed by atoms with E-state index in [2.05, 4.69) is 20.3 Å². The first kappa shape index (κ1) is 15.3. The van der Waals surface area contributed by atoms with Crippen molar-refractivity contribution in [2.45, 2.75) is 13.5 Å². The third-order valence-electron chi connectivity index (χ3n) is 2.81. The number of halogens is 1. The van der Waals surface area contributed by atoms with Crippen LogP contribution >= 0.6 is 11.6 Å². The molecule has 2 aromatic rings. The van der Waals surface area contributed by atoms with Gasteiger partial charge in [-0.05, 0) is 18.6 Å². The summed E-state index contributed by atoms with van der Waals surface area (Å²) in [5, 5.41) is 3.62. The molecule has 0 unspecified atom stereocenters. The highest BCUT2D eigenvalue weighted by molar-refractivity contribution is 6.31. The Morgan fingerprint density at radius 2 is 2.00 bits per heavy atom. The number of nitrogens with one attached hydrogen (secondary N) is 1. The topological polar surface area (TPSA) is 63.2 Å². The maximum atomic E-state index is 6.18. The van der Waals surface area contributed by atoms with Crippen molar-refractivity contribution in [3.8, 4) is 6.01 Å². The molecule has 0 aliphatic heterocycles. The maximum Gasteiger partial charge on any atom is 0.323 e. The van der Waals surface area contributed by atoms with Gasteiger partial charge in [0.1, 0.15) is 0 Å². The van der Waals surface area contributed by atoms with Crippen LogP contribution in [-0.2, 0) is 6.54 Å². The minimum atomic E-state index is 0.304. The van der Waals surface area contributed by atoms with Crippen molar-refractivity contribution in [3.05, 3.63) is 34.9 Å². The van der Waals surface area contributed by atoms with Gasteiger partial charge in [0.2, 0.25) is 11.9 Å². The standard InChI is InChI=1S/C14H18ClN5O/c1-4-21-14-18-12(16-2)17-13(19-14)20(3)9-10-7-5-6-8-11(10)15/h5-8H,4,9H2,1-3H3,(H,16,17,18,19). The molecule has 1 aromatic heterocycles. The van der Waals surface area contributed by atoms with E-state index in [9.17, 15) is 0 Å². The van der Waals surface area contributed by atoms with Gasteiger partial charge in [-0.1, -0.05) is 29.8 Å². The van der Waals surface area contributed by atoms with Crippen molar-refractivity contribution in [3.63, 3.8) is 0 Å². The zero-order chi connectivity index (χ0) is 15.2. The second-order valence-corrected chi connectivity index (χ2v) is 4.78. The molecule has 0 radical (unpaired) electrons. The fourth-order valence-corrected chi connectivity index (χ4v) is 1.97. The first-order chi connectivity index (χ1) is 10.1. The van der Waals surface area contributed by atoms with Gasteiger partial charge in [-0.25, -0.2) is 0 Å². The molecule has 0 bridgehead atoms. The highest BCUT2D eigenvalue weighted by Crippen LogP contribution is 2.20. The van der Waals surface area contributed by atoms with Crippen molar-refractivity contribution < 1.29 is 4.74 Å². The SMILES string of the molecule is CCOc1nc(NC)nc(N(C)Cc2ccccc2Cl)n1. The Labute approximate surface area is 129 Å². The van der Waals surface area contributed by atoms with E-state index < -0.39 is 0 Å². The van der Waals surface area contributed by atoms with Crippen LogP contribution in [0.1, 0.15) is 12.5 Å². The average molecular weight is 308 g/mol. The molecule has 0 saturated carbocycles. The fourth-order valence-electron chi connectivity index (χ4n) is 1.77. The van der Waals surface area contributed by atoms with Crippen molar-refractivity contribution >= 4 is 23.5 Å². The van der Waals surface area contributed by atoms with Gasteiger partial charge >= 0.3 is 6.01 Å². The molecule has 0 atom stereocenters. The molecule has 2 rings (SSSR count). The molecule has 0 aliphatic carbocycles. The molecular formula is C14H18ClN5O. The van der Waals surface area contributed by atoms with Gasteiger partial charge in [-0.2, -0.15) is 15.0 Å². The molecule has 1 aromatic carbocycles. The Morgan fingerprint density at radius 1 is 1.24 bits per heavy atom. The normalized spacial score (nSPS) is 10.3. The smallest absolute Gasteiger partial charge is 0.323 e. The quantitative estimate of drug-likeness (QED) is 0.885. The van der Waals surface area contributed by atoms with E-state index in [1.807, 2.05) is 43.1 Å². The van der Waals surface area contributed by atoms with Crippen LogP contribution in [-0.4, -0.2) is 35.7 Å². The molecule has 1 N–H and O–H groups in total. The number of rotatable bonds is 6. The highest BCUT2D eigenvalue weighted by atomic mass is 35.5. The first-order valence-corrected chi connectivity index (χ1v) is 7.03. The molecule has 21 heavy (non-hydrogen) atoms. The number of hydrogen-bond acceptors (Lipinski definition) is 6. The van der Waals surface area contributed by atoms with E-state index >= 15 is 0 Å². The van der Waals surface area contributed by atoms with Crippen LogP contribution in [0.15, 0.2) is 24.3 Å². The molecule has 0 amide bonds.